The van der Waals surface area contributed by atoms with Gasteiger partial charge in [0.1, 0.15) is 0 Å². The number of amides is 2. The Bertz CT molecular complexity index is 1030. The van der Waals surface area contributed by atoms with Crippen LogP contribution in [0.2, 0.25) is 0 Å². The lowest BCUT2D eigenvalue weighted by atomic mass is 9.99. The summed E-state index contributed by atoms with van der Waals surface area (Å²) in [6, 6.07) is 13.1. The van der Waals surface area contributed by atoms with Crippen LogP contribution in [-0.2, 0) is 19.6 Å². The molecule has 0 spiro atoms. The predicted octanol–water partition coefficient (Wildman–Crippen LogP) is 3.67. The molecular formula is C20H22BrN3O5S. The van der Waals surface area contributed by atoms with Crippen molar-refractivity contribution in [3.05, 3.63) is 53.0 Å². The number of halogens is 1. The number of nitrogens with zero attached hydrogens (tertiary/aromatic N) is 1. The summed E-state index contributed by atoms with van der Waals surface area (Å²) in [6.07, 6.45) is 0.570. The normalized spacial score (nSPS) is 17.2. The van der Waals surface area contributed by atoms with E-state index < -0.39 is 22.0 Å². The maximum absolute atomic E-state index is 13.0. The molecule has 0 bridgehead atoms. The molecule has 1 fully saturated rings. The van der Waals surface area contributed by atoms with E-state index in [4.69, 9.17) is 0 Å². The fourth-order valence-corrected chi connectivity index (χ4v) is 5.11. The molecule has 2 amide bonds. The van der Waals surface area contributed by atoms with Crippen LogP contribution in [0.15, 0.2) is 57.9 Å². The number of para-hydroxylation sites is 1. The predicted molar refractivity (Wildman–Crippen MR) is 117 cm³/mol. The van der Waals surface area contributed by atoms with Gasteiger partial charge in [-0.05, 0) is 65.2 Å². The molecule has 30 heavy (non-hydrogen) atoms. The summed E-state index contributed by atoms with van der Waals surface area (Å²) in [4.78, 5) is 24.1. The van der Waals surface area contributed by atoms with Gasteiger partial charge in [0.15, 0.2) is 0 Å². The Morgan fingerprint density at radius 3 is 2.47 bits per heavy atom. The first-order valence-electron chi connectivity index (χ1n) is 9.32. The summed E-state index contributed by atoms with van der Waals surface area (Å²) in [6.45, 7) is 0.462. The van der Waals surface area contributed by atoms with Gasteiger partial charge in [0, 0.05) is 23.2 Å². The monoisotopic (exact) mass is 495 g/mol. The van der Waals surface area contributed by atoms with Gasteiger partial charge in [0.2, 0.25) is 15.9 Å². The van der Waals surface area contributed by atoms with Gasteiger partial charge >= 0.3 is 6.09 Å². The minimum absolute atomic E-state index is 0.102. The number of piperidine rings is 1. The van der Waals surface area contributed by atoms with E-state index in [1.807, 2.05) is 18.2 Å². The number of hydrogen-bond acceptors (Lipinski definition) is 5. The summed E-state index contributed by atoms with van der Waals surface area (Å²) < 4.78 is 32.7. The van der Waals surface area contributed by atoms with E-state index >= 15 is 0 Å². The number of ether oxygens (including phenoxy) is 1. The Hall–Kier alpha value is -2.43. The van der Waals surface area contributed by atoms with E-state index in [9.17, 15) is 18.0 Å². The van der Waals surface area contributed by atoms with Crippen molar-refractivity contribution in [2.75, 3.05) is 30.8 Å². The topological polar surface area (TPSA) is 105 Å². The molecule has 0 radical (unpaired) electrons. The lowest BCUT2D eigenvalue weighted by Gasteiger charge is -2.31. The first-order chi connectivity index (χ1) is 14.3. The molecule has 1 saturated heterocycles. The SMILES string of the molecule is COC(=O)Nc1ccc(S(=O)(=O)N2CCC[C@@H](C(=O)Nc3ccccc3Br)C2)cc1. The molecule has 10 heteroatoms. The first kappa shape index (κ1) is 22.3. The second-order valence-corrected chi connectivity index (χ2v) is 9.60. The van der Waals surface area contributed by atoms with Crippen LogP contribution in [0, 0.1) is 5.92 Å². The molecule has 2 aromatic rings. The van der Waals surface area contributed by atoms with E-state index in [2.05, 4.69) is 31.3 Å². The third-order valence-electron chi connectivity index (χ3n) is 4.81. The van der Waals surface area contributed by atoms with Crippen molar-refractivity contribution in [1.29, 1.82) is 0 Å². The fraction of sp³-hybridized carbons (Fsp3) is 0.300. The summed E-state index contributed by atoms with van der Waals surface area (Å²) >= 11 is 3.39. The van der Waals surface area contributed by atoms with Gasteiger partial charge in [-0.25, -0.2) is 13.2 Å². The Morgan fingerprint density at radius 2 is 1.80 bits per heavy atom. The summed E-state index contributed by atoms with van der Waals surface area (Å²) in [5, 5.41) is 5.34. The highest BCUT2D eigenvalue weighted by Gasteiger charge is 2.33. The summed E-state index contributed by atoms with van der Waals surface area (Å²) in [5.41, 5.74) is 1.07. The molecule has 2 aromatic carbocycles. The maximum atomic E-state index is 13.0. The summed E-state index contributed by atoms with van der Waals surface area (Å²) in [5.74, 6) is -0.652. The Balaban J connectivity index is 1.70. The number of anilines is 2. The number of hydrogen-bond donors (Lipinski definition) is 2. The minimum Gasteiger partial charge on any atom is -0.453 e. The molecule has 1 aliphatic rings. The van der Waals surface area contributed by atoms with Gasteiger partial charge in [-0.3, -0.25) is 10.1 Å². The van der Waals surface area contributed by atoms with E-state index in [1.54, 1.807) is 6.07 Å². The molecule has 160 valence electrons. The smallest absolute Gasteiger partial charge is 0.411 e. The zero-order valence-electron chi connectivity index (χ0n) is 16.3. The van der Waals surface area contributed by atoms with Crippen molar-refractivity contribution in [3.63, 3.8) is 0 Å². The standard InChI is InChI=1S/C20H22BrN3O5S/c1-29-20(26)22-15-8-10-16(11-9-15)30(27,28)24-12-4-5-14(13-24)19(25)23-18-7-3-2-6-17(18)21/h2-3,6-11,14H,4-5,12-13H2,1H3,(H,22,26)(H,23,25)/t14-/m1/s1. The lowest BCUT2D eigenvalue weighted by molar-refractivity contribution is -0.120. The van der Waals surface area contributed by atoms with Crippen LogP contribution < -0.4 is 10.6 Å². The van der Waals surface area contributed by atoms with E-state index in [-0.39, 0.29) is 17.3 Å². The Labute approximate surface area is 183 Å². The van der Waals surface area contributed by atoms with Crippen LogP contribution in [0.3, 0.4) is 0 Å². The van der Waals surface area contributed by atoms with Gasteiger partial charge in [0.05, 0.1) is 23.6 Å². The highest BCUT2D eigenvalue weighted by molar-refractivity contribution is 9.10. The molecule has 0 saturated carbocycles. The third kappa shape index (κ3) is 5.18. The van der Waals surface area contributed by atoms with Crippen LogP contribution in [-0.4, -0.2) is 44.9 Å². The van der Waals surface area contributed by atoms with Crippen molar-refractivity contribution >= 4 is 49.3 Å². The van der Waals surface area contributed by atoms with Crippen LogP contribution in [0.1, 0.15) is 12.8 Å². The number of carbonyl (C=O) groups is 2. The van der Waals surface area contributed by atoms with Gasteiger partial charge in [-0.2, -0.15) is 4.31 Å². The number of methoxy groups -OCH3 is 1. The molecule has 3 rings (SSSR count). The van der Waals surface area contributed by atoms with Gasteiger partial charge < -0.3 is 10.1 Å². The van der Waals surface area contributed by atoms with Gasteiger partial charge in [0.25, 0.3) is 0 Å². The lowest BCUT2D eigenvalue weighted by Crippen LogP contribution is -2.43. The number of benzene rings is 2. The molecule has 1 aliphatic heterocycles. The second kappa shape index (κ2) is 9.59. The molecule has 8 nitrogen and oxygen atoms in total. The molecular weight excluding hydrogens is 474 g/mol. The highest BCUT2D eigenvalue weighted by atomic mass is 79.9. The number of nitrogens with one attached hydrogen (secondary N) is 2. The van der Waals surface area contributed by atoms with E-state index in [1.165, 1.54) is 35.7 Å². The Kier molecular flexibility index (Phi) is 7.11. The van der Waals surface area contributed by atoms with Crippen molar-refractivity contribution in [1.82, 2.24) is 4.31 Å². The summed E-state index contributed by atoms with van der Waals surface area (Å²) in [7, 11) is -2.52. The first-order valence-corrected chi connectivity index (χ1v) is 11.5. The molecule has 0 unspecified atom stereocenters. The number of carbonyl (C=O) groups excluding carboxylic acids is 2. The third-order valence-corrected chi connectivity index (χ3v) is 7.38. The zero-order chi connectivity index (χ0) is 21.7. The molecule has 1 atom stereocenters. The van der Waals surface area contributed by atoms with Crippen LogP contribution >= 0.6 is 15.9 Å². The molecule has 0 aromatic heterocycles. The van der Waals surface area contributed by atoms with Crippen LogP contribution in [0.4, 0.5) is 16.2 Å². The van der Waals surface area contributed by atoms with Crippen LogP contribution in [0.5, 0.6) is 0 Å². The second-order valence-electron chi connectivity index (χ2n) is 6.81. The number of sulfonamides is 1. The van der Waals surface area contributed by atoms with Crippen molar-refractivity contribution < 1.29 is 22.7 Å². The van der Waals surface area contributed by atoms with Crippen molar-refractivity contribution in [2.45, 2.75) is 17.7 Å². The number of rotatable bonds is 5. The minimum atomic E-state index is -3.76. The van der Waals surface area contributed by atoms with Crippen molar-refractivity contribution in [2.24, 2.45) is 5.92 Å². The van der Waals surface area contributed by atoms with Crippen LogP contribution in [0.25, 0.3) is 0 Å². The Morgan fingerprint density at radius 1 is 1.10 bits per heavy atom. The average Bonchev–Trinajstić information content (AvgIpc) is 2.75. The molecule has 1 heterocycles. The molecule has 2 N–H and O–H groups in total. The highest BCUT2D eigenvalue weighted by Crippen LogP contribution is 2.27. The fourth-order valence-electron chi connectivity index (χ4n) is 3.20. The van der Waals surface area contributed by atoms with Gasteiger partial charge in [-0.15, -0.1) is 0 Å². The van der Waals surface area contributed by atoms with Gasteiger partial charge in [-0.1, -0.05) is 12.1 Å². The maximum Gasteiger partial charge on any atom is 0.411 e. The quantitative estimate of drug-likeness (QED) is 0.658. The average molecular weight is 496 g/mol. The molecule has 0 aliphatic carbocycles. The van der Waals surface area contributed by atoms with E-state index in [0.717, 1.165) is 4.47 Å². The van der Waals surface area contributed by atoms with Crippen molar-refractivity contribution in [3.8, 4) is 0 Å². The zero-order valence-corrected chi connectivity index (χ0v) is 18.7. The van der Waals surface area contributed by atoms with E-state index in [0.29, 0.717) is 30.8 Å². The largest absolute Gasteiger partial charge is 0.453 e.